The number of nitrogens with zero attached hydrogens (tertiary/aromatic N) is 5. The Bertz CT molecular complexity index is 999. The third-order valence-electron chi connectivity index (χ3n) is 4.18. The number of pyridine rings is 1. The van der Waals surface area contributed by atoms with Crippen LogP contribution in [-0.2, 0) is 19.8 Å². The molecule has 0 radical (unpaired) electrons. The molecule has 3 aromatic rings. The molecule has 3 rings (SSSR count). The number of rotatable bonds is 5. The average molecular weight is 410 g/mol. The molecule has 0 spiro atoms. The first kappa shape index (κ1) is 20.4. The zero-order chi connectivity index (χ0) is 20.6. The molecular formula is C18H21F3N6S. The van der Waals surface area contributed by atoms with Crippen molar-refractivity contribution in [3.63, 3.8) is 0 Å². The number of nitrogen functional groups attached to an aromatic ring is 1. The molecule has 6 nitrogen and oxygen atoms in total. The molecule has 3 aromatic heterocycles. The number of aromatic nitrogens is 4. The van der Waals surface area contributed by atoms with E-state index < -0.39 is 11.9 Å². The molecule has 150 valence electrons. The largest absolute Gasteiger partial charge is 0.433 e. The van der Waals surface area contributed by atoms with Crippen LogP contribution >= 0.6 is 11.8 Å². The summed E-state index contributed by atoms with van der Waals surface area (Å²) in [6.07, 6.45) is -0.731. The minimum absolute atomic E-state index is 0.0247. The Balaban J connectivity index is 1.92. The quantitative estimate of drug-likeness (QED) is 0.508. The lowest BCUT2D eigenvalue weighted by atomic mass is 10.1. The lowest BCUT2D eigenvalue weighted by Crippen LogP contribution is -2.11. The zero-order valence-electron chi connectivity index (χ0n) is 15.9. The van der Waals surface area contributed by atoms with Gasteiger partial charge in [0.05, 0.1) is 22.7 Å². The predicted molar refractivity (Wildman–Crippen MR) is 104 cm³/mol. The predicted octanol–water partition coefficient (Wildman–Crippen LogP) is 3.88. The SMILES string of the molecule is CC(Sc1nc(N)cc(C(F)(F)F)n1)c1cc2c(CN(C)C)cn(C)c2cn1. The van der Waals surface area contributed by atoms with E-state index in [-0.39, 0.29) is 16.2 Å². The van der Waals surface area contributed by atoms with E-state index in [1.54, 1.807) is 6.20 Å². The first-order chi connectivity index (χ1) is 13.0. The molecule has 0 saturated heterocycles. The fourth-order valence-corrected chi connectivity index (χ4v) is 3.80. The fourth-order valence-electron chi connectivity index (χ4n) is 2.92. The highest BCUT2D eigenvalue weighted by Crippen LogP contribution is 2.36. The Labute approximate surface area is 165 Å². The average Bonchev–Trinajstić information content (AvgIpc) is 2.88. The molecule has 0 aliphatic heterocycles. The van der Waals surface area contributed by atoms with E-state index in [2.05, 4.69) is 26.0 Å². The maximum absolute atomic E-state index is 13.0. The normalized spacial score (nSPS) is 13.4. The van der Waals surface area contributed by atoms with Gasteiger partial charge in [-0.15, -0.1) is 0 Å². The van der Waals surface area contributed by atoms with Crippen molar-refractivity contribution >= 4 is 28.5 Å². The van der Waals surface area contributed by atoms with E-state index in [0.717, 1.165) is 46.5 Å². The molecule has 0 aliphatic rings. The Morgan fingerprint density at radius 1 is 1.25 bits per heavy atom. The van der Waals surface area contributed by atoms with Gasteiger partial charge in [-0.2, -0.15) is 13.2 Å². The van der Waals surface area contributed by atoms with E-state index in [4.69, 9.17) is 5.73 Å². The van der Waals surface area contributed by atoms with Gasteiger partial charge in [-0.1, -0.05) is 11.8 Å². The summed E-state index contributed by atoms with van der Waals surface area (Å²) in [5, 5.41) is 0.793. The van der Waals surface area contributed by atoms with Gasteiger partial charge in [0.2, 0.25) is 0 Å². The number of halogens is 3. The van der Waals surface area contributed by atoms with Crippen LogP contribution in [0.15, 0.2) is 29.7 Å². The maximum Gasteiger partial charge on any atom is 0.433 e. The summed E-state index contributed by atoms with van der Waals surface area (Å²) in [6, 6.07) is 2.71. The Morgan fingerprint density at radius 3 is 2.61 bits per heavy atom. The van der Waals surface area contributed by atoms with Crippen LogP contribution in [0.3, 0.4) is 0 Å². The van der Waals surface area contributed by atoms with Crippen LogP contribution < -0.4 is 5.73 Å². The van der Waals surface area contributed by atoms with Crippen molar-refractivity contribution in [2.75, 3.05) is 19.8 Å². The second-order valence-corrected chi connectivity index (χ2v) is 8.16. The Kier molecular flexibility index (Phi) is 5.53. The molecular weight excluding hydrogens is 389 g/mol. The van der Waals surface area contributed by atoms with Crippen LogP contribution in [0.5, 0.6) is 0 Å². The third-order valence-corrected chi connectivity index (χ3v) is 5.17. The summed E-state index contributed by atoms with van der Waals surface area (Å²) >= 11 is 1.09. The molecule has 2 N–H and O–H groups in total. The summed E-state index contributed by atoms with van der Waals surface area (Å²) in [5.74, 6) is -0.211. The summed E-state index contributed by atoms with van der Waals surface area (Å²) < 4.78 is 40.9. The molecule has 10 heteroatoms. The Hall–Kier alpha value is -2.33. The van der Waals surface area contributed by atoms with Gasteiger partial charge >= 0.3 is 6.18 Å². The summed E-state index contributed by atoms with van der Waals surface area (Å²) in [4.78, 5) is 14.1. The topological polar surface area (TPSA) is 72.9 Å². The maximum atomic E-state index is 13.0. The van der Waals surface area contributed by atoms with Gasteiger partial charge in [-0.05, 0) is 32.6 Å². The van der Waals surface area contributed by atoms with Gasteiger partial charge in [0.25, 0.3) is 0 Å². The van der Waals surface area contributed by atoms with Gasteiger partial charge in [0, 0.05) is 31.2 Å². The molecule has 0 aliphatic carbocycles. The van der Waals surface area contributed by atoms with Crippen molar-refractivity contribution in [1.29, 1.82) is 0 Å². The molecule has 28 heavy (non-hydrogen) atoms. The van der Waals surface area contributed by atoms with Crippen molar-refractivity contribution in [3.05, 3.63) is 41.5 Å². The Morgan fingerprint density at radius 2 is 1.96 bits per heavy atom. The van der Waals surface area contributed by atoms with E-state index in [9.17, 15) is 13.2 Å². The van der Waals surface area contributed by atoms with Crippen molar-refractivity contribution in [2.45, 2.75) is 30.1 Å². The van der Waals surface area contributed by atoms with E-state index in [1.165, 1.54) is 0 Å². The molecule has 1 unspecified atom stereocenters. The highest BCUT2D eigenvalue weighted by Gasteiger charge is 2.33. The number of alkyl halides is 3. The van der Waals surface area contributed by atoms with Crippen molar-refractivity contribution in [2.24, 2.45) is 7.05 Å². The van der Waals surface area contributed by atoms with Gasteiger partial charge in [0.1, 0.15) is 5.82 Å². The summed E-state index contributed by atoms with van der Waals surface area (Å²) in [6.45, 7) is 2.63. The number of thioether (sulfide) groups is 1. The molecule has 0 saturated carbocycles. The van der Waals surface area contributed by atoms with Gasteiger partial charge in [-0.3, -0.25) is 4.98 Å². The molecule has 0 amide bonds. The number of fused-ring (bicyclic) bond motifs is 1. The lowest BCUT2D eigenvalue weighted by Gasteiger charge is -2.13. The van der Waals surface area contributed by atoms with Crippen LogP contribution in [0.4, 0.5) is 19.0 Å². The van der Waals surface area contributed by atoms with Crippen LogP contribution in [0.1, 0.15) is 29.1 Å². The van der Waals surface area contributed by atoms with Crippen LogP contribution in [-0.4, -0.2) is 38.5 Å². The van der Waals surface area contributed by atoms with Gasteiger partial charge in [-0.25, -0.2) is 9.97 Å². The zero-order valence-corrected chi connectivity index (χ0v) is 16.8. The fraction of sp³-hybridized carbons (Fsp3) is 0.389. The number of hydrogen-bond acceptors (Lipinski definition) is 6. The monoisotopic (exact) mass is 410 g/mol. The first-order valence-corrected chi connectivity index (χ1v) is 9.39. The number of hydrogen-bond donors (Lipinski definition) is 1. The van der Waals surface area contributed by atoms with Crippen LogP contribution in [0, 0.1) is 0 Å². The van der Waals surface area contributed by atoms with E-state index in [1.807, 2.05) is 38.7 Å². The van der Waals surface area contributed by atoms with Crippen molar-refractivity contribution < 1.29 is 13.2 Å². The van der Waals surface area contributed by atoms with Crippen molar-refractivity contribution in [3.8, 4) is 0 Å². The van der Waals surface area contributed by atoms with Gasteiger partial charge in [0.15, 0.2) is 10.9 Å². The number of aryl methyl sites for hydroxylation is 1. The molecule has 1 atom stereocenters. The second-order valence-electron chi connectivity index (χ2n) is 6.85. The van der Waals surface area contributed by atoms with Crippen LogP contribution in [0.2, 0.25) is 0 Å². The summed E-state index contributed by atoms with van der Waals surface area (Å²) in [5.41, 5.74) is 7.37. The van der Waals surface area contributed by atoms with E-state index in [0.29, 0.717) is 0 Å². The minimum Gasteiger partial charge on any atom is -0.384 e. The number of anilines is 1. The molecule has 0 bridgehead atoms. The first-order valence-electron chi connectivity index (χ1n) is 8.51. The lowest BCUT2D eigenvalue weighted by molar-refractivity contribution is -0.141. The highest BCUT2D eigenvalue weighted by atomic mass is 32.2. The molecule has 0 fully saturated rings. The van der Waals surface area contributed by atoms with E-state index >= 15 is 0 Å². The van der Waals surface area contributed by atoms with Crippen molar-refractivity contribution in [1.82, 2.24) is 24.4 Å². The third kappa shape index (κ3) is 4.39. The minimum atomic E-state index is -4.57. The highest BCUT2D eigenvalue weighted by molar-refractivity contribution is 7.99. The molecule has 3 heterocycles. The molecule has 0 aromatic carbocycles. The number of nitrogens with two attached hydrogens (primary N) is 1. The smallest absolute Gasteiger partial charge is 0.384 e. The van der Waals surface area contributed by atoms with Crippen LogP contribution in [0.25, 0.3) is 10.9 Å². The second kappa shape index (κ2) is 7.59. The summed E-state index contributed by atoms with van der Waals surface area (Å²) in [7, 11) is 5.95. The van der Waals surface area contributed by atoms with Gasteiger partial charge < -0.3 is 15.2 Å². The standard InChI is InChI=1S/C18H21F3N6S/c1-10(28-17-24-15(18(19,20)21)6-16(22)25-17)13-5-12-11(8-26(2)3)9-27(4)14(12)7-23-13/h5-7,9-10H,8H2,1-4H3,(H2,22,24,25).